The molecule has 2 aromatic heterocycles. The molecule has 7 rings (SSSR count). The van der Waals surface area contributed by atoms with Crippen molar-refractivity contribution >= 4 is 22.8 Å². The van der Waals surface area contributed by atoms with Crippen LogP contribution in [-0.4, -0.2) is 26.3 Å². The van der Waals surface area contributed by atoms with Crippen LogP contribution in [0.5, 0.6) is 0 Å². The van der Waals surface area contributed by atoms with E-state index in [0.717, 1.165) is 24.0 Å². The minimum Gasteiger partial charge on any atom is -0.383 e. The van der Waals surface area contributed by atoms with Gasteiger partial charge in [0.05, 0.1) is 11.6 Å². The van der Waals surface area contributed by atoms with Gasteiger partial charge in [-0.2, -0.15) is 15.1 Å². The van der Waals surface area contributed by atoms with Crippen LogP contribution in [-0.2, 0) is 7.05 Å². The Morgan fingerprint density at radius 3 is 2.34 bits per heavy atom. The van der Waals surface area contributed by atoms with E-state index < -0.39 is 0 Å². The van der Waals surface area contributed by atoms with Crippen LogP contribution in [0.25, 0.3) is 11.0 Å². The first kappa shape index (κ1) is 16.5. The molecule has 0 saturated heterocycles. The first-order chi connectivity index (χ1) is 14.2. The highest BCUT2D eigenvalue weighted by Gasteiger charge is 2.42. The molecule has 4 aromatic rings. The highest BCUT2D eigenvalue weighted by Crippen LogP contribution is 2.55. The number of aryl methyl sites for hydroxylation is 1. The molecule has 2 aromatic carbocycles. The quantitative estimate of drug-likeness (QED) is 0.565. The van der Waals surface area contributed by atoms with Crippen molar-refractivity contribution in [2.45, 2.75) is 18.3 Å². The number of benzene rings is 2. The van der Waals surface area contributed by atoms with Gasteiger partial charge >= 0.3 is 0 Å². The molecule has 0 radical (unpaired) electrons. The van der Waals surface area contributed by atoms with Gasteiger partial charge in [-0.05, 0) is 34.6 Å². The van der Waals surface area contributed by atoms with Gasteiger partial charge in [0.25, 0.3) is 0 Å². The fourth-order valence-electron chi connectivity index (χ4n) is 5.31. The summed E-state index contributed by atoms with van der Waals surface area (Å²) in [4.78, 5) is 9.08. The lowest BCUT2D eigenvalue weighted by Crippen LogP contribution is -2.35. The standard InChI is InChI=1S/C23H22N6/c1-29-22-19(12-26-29)21(24)27-23(28-22)25-11-13-10-18-14-6-2-4-8-16(14)20(13)17-9-5-3-7-15(17)18/h2-9,12-13,18,20H,10-11H2,1H3,(H3,24,25,27,28). The first-order valence-corrected chi connectivity index (χ1v) is 10.1. The molecule has 3 aliphatic carbocycles. The van der Waals surface area contributed by atoms with Crippen LogP contribution in [0.2, 0.25) is 0 Å². The van der Waals surface area contributed by atoms with E-state index in [9.17, 15) is 0 Å². The summed E-state index contributed by atoms with van der Waals surface area (Å²) in [6, 6.07) is 17.8. The summed E-state index contributed by atoms with van der Waals surface area (Å²) in [6.45, 7) is 0.812. The maximum absolute atomic E-state index is 6.12. The summed E-state index contributed by atoms with van der Waals surface area (Å²) in [5, 5.41) is 8.49. The van der Waals surface area contributed by atoms with Crippen LogP contribution in [0.15, 0.2) is 54.7 Å². The molecular formula is C23H22N6. The van der Waals surface area contributed by atoms with Crippen molar-refractivity contribution in [2.75, 3.05) is 17.6 Å². The van der Waals surface area contributed by atoms with Crippen molar-refractivity contribution in [1.82, 2.24) is 19.7 Å². The lowest BCUT2D eigenvalue weighted by molar-refractivity contribution is 0.372. The van der Waals surface area contributed by atoms with Crippen molar-refractivity contribution in [1.29, 1.82) is 0 Å². The van der Waals surface area contributed by atoms with E-state index in [0.29, 0.717) is 29.5 Å². The predicted octanol–water partition coefficient (Wildman–Crippen LogP) is 3.65. The molecular weight excluding hydrogens is 360 g/mol. The summed E-state index contributed by atoms with van der Waals surface area (Å²) in [5.74, 6) is 2.38. The van der Waals surface area contributed by atoms with E-state index in [-0.39, 0.29) is 0 Å². The smallest absolute Gasteiger partial charge is 0.226 e. The zero-order chi connectivity index (χ0) is 19.5. The normalized spacial score (nSPS) is 21.8. The Kier molecular flexibility index (Phi) is 3.45. The molecule has 1 atom stereocenters. The molecule has 3 aliphatic rings. The van der Waals surface area contributed by atoms with E-state index in [4.69, 9.17) is 5.73 Å². The van der Waals surface area contributed by atoms with Gasteiger partial charge in [-0.25, -0.2) is 0 Å². The second kappa shape index (κ2) is 6.04. The molecule has 1 unspecified atom stereocenters. The summed E-state index contributed by atoms with van der Waals surface area (Å²) in [6.07, 6.45) is 2.84. The third-order valence-corrected chi connectivity index (χ3v) is 6.57. The number of rotatable bonds is 3. The summed E-state index contributed by atoms with van der Waals surface area (Å²) in [5.41, 5.74) is 12.8. The van der Waals surface area contributed by atoms with Gasteiger partial charge in [0.2, 0.25) is 5.95 Å². The average Bonchev–Trinajstić information content (AvgIpc) is 3.14. The van der Waals surface area contributed by atoms with E-state index in [1.807, 2.05) is 7.05 Å². The molecule has 144 valence electrons. The molecule has 6 heteroatoms. The largest absolute Gasteiger partial charge is 0.383 e. The number of hydrogen-bond donors (Lipinski definition) is 2. The number of nitrogens with two attached hydrogens (primary N) is 1. The maximum atomic E-state index is 6.12. The number of hydrogen-bond acceptors (Lipinski definition) is 5. The van der Waals surface area contributed by atoms with Gasteiger partial charge in [0, 0.05) is 25.4 Å². The van der Waals surface area contributed by atoms with Gasteiger partial charge in [-0.3, -0.25) is 4.68 Å². The van der Waals surface area contributed by atoms with E-state index in [2.05, 4.69) is 68.9 Å². The van der Waals surface area contributed by atoms with Crippen LogP contribution in [0.1, 0.15) is 40.5 Å². The Morgan fingerprint density at radius 2 is 1.66 bits per heavy atom. The molecule has 0 aliphatic heterocycles. The summed E-state index contributed by atoms with van der Waals surface area (Å²) in [7, 11) is 1.87. The number of nitrogen functional groups attached to an aromatic ring is 1. The van der Waals surface area contributed by atoms with Crippen molar-refractivity contribution < 1.29 is 0 Å². The molecule has 29 heavy (non-hydrogen) atoms. The van der Waals surface area contributed by atoms with Crippen molar-refractivity contribution in [3.8, 4) is 0 Å². The van der Waals surface area contributed by atoms with E-state index in [1.165, 1.54) is 22.3 Å². The van der Waals surface area contributed by atoms with Crippen molar-refractivity contribution in [3.63, 3.8) is 0 Å². The van der Waals surface area contributed by atoms with E-state index >= 15 is 0 Å². The van der Waals surface area contributed by atoms with Gasteiger partial charge in [-0.15, -0.1) is 0 Å². The Bertz CT molecular complexity index is 1200. The van der Waals surface area contributed by atoms with Gasteiger partial charge in [0.15, 0.2) is 5.65 Å². The Labute approximate surface area is 168 Å². The van der Waals surface area contributed by atoms with Crippen LogP contribution in [0, 0.1) is 5.92 Å². The fraction of sp³-hybridized carbons (Fsp3) is 0.261. The molecule has 6 nitrogen and oxygen atoms in total. The number of nitrogens with zero attached hydrogens (tertiary/aromatic N) is 4. The third-order valence-electron chi connectivity index (χ3n) is 6.57. The van der Waals surface area contributed by atoms with Crippen LogP contribution >= 0.6 is 0 Å². The second-order valence-corrected chi connectivity index (χ2v) is 8.10. The molecule has 2 bridgehead atoms. The molecule has 0 fully saturated rings. The number of fused-ring (bicyclic) bond motifs is 2. The van der Waals surface area contributed by atoms with Gasteiger partial charge in [0.1, 0.15) is 5.82 Å². The maximum Gasteiger partial charge on any atom is 0.226 e. The number of nitrogens with one attached hydrogen (secondary N) is 1. The zero-order valence-electron chi connectivity index (χ0n) is 16.2. The number of aromatic nitrogens is 4. The fourth-order valence-corrected chi connectivity index (χ4v) is 5.31. The van der Waals surface area contributed by atoms with E-state index in [1.54, 1.807) is 10.9 Å². The highest BCUT2D eigenvalue weighted by molar-refractivity contribution is 5.86. The van der Waals surface area contributed by atoms with Crippen LogP contribution in [0.3, 0.4) is 0 Å². The Hall–Kier alpha value is -3.41. The average molecular weight is 382 g/mol. The molecule has 0 saturated carbocycles. The first-order valence-electron chi connectivity index (χ1n) is 10.1. The Morgan fingerprint density at radius 1 is 1.00 bits per heavy atom. The second-order valence-electron chi connectivity index (χ2n) is 8.10. The SMILES string of the molecule is Cn1ncc2c(N)nc(NCC3CC4c5ccccc5C3c3ccccc34)nc21. The van der Waals surface area contributed by atoms with Gasteiger partial charge < -0.3 is 11.1 Å². The lowest BCUT2D eigenvalue weighted by Gasteiger charge is -2.45. The minimum atomic E-state index is 0.401. The zero-order valence-corrected chi connectivity index (χ0v) is 16.2. The summed E-state index contributed by atoms with van der Waals surface area (Å²) >= 11 is 0. The van der Waals surface area contributed by atoms with Crippen molar-refractivity contribution in [2.24, 2.45) is 13.0 Å². The van der Waals surface area contributed by atoms with Gasteiger partial charge in [-0.1, -0.05) is 48.5 Å². The number of anilines is 2. The topological polar surface area (TPSA) is 81.7 Å². The highest BCUT2D eigenvalue weighted by atomic mass is 15.3. The monoisotopic (exact) mass is 382 g/mol. The lowest BCUT2D eigenvalue weighted by atomic mass is 9.59. The van der Waals surface area contributed by atoms with Crippen molar-refractivity contribution in [3.05, 3.63) is 77.0 Å². The summed E-state index contributed by atoms with van der Waals surface area (Å²) < 4.78 is 1.73. The molecule has 0 amide bonds. The third kappa shape index (κ3) is 2.38. The molecule has 3 N–H and O–H groups in total. The Balaban J connectivity index is 1.34. The minimum absolute atomic E-state index is 0.401. The van der Waals surface area contributed by atoms with Crippen LogP contribution in [0.4, 0.5) is 11.8 Å². The van der Waals surface area contributed by atoms with Crippen LogP contribution < -0.4 is 11.1 Å². The molecule has 0 spiro atoms. The predicted molar refractivity (Wildman–Crippen MR) is 114 cm³/mol. The molecule has 2 heterocycles.